The Morgan fingerprint density at radius 2 is 2.00 bits per heavy atom. The fourth-order valence-corrected chi connectivity index (χ4v) is 3.52. The zero-order valence-corrected chi connectivity index (χ0v) is 16.8. The topological polar surface area (TPSA) is 110 Å². The minimum Gasteiger partial charge on any atom is -0.406 e. The molecule has 0 aliphatic carbocycles. The van der Waals surface area contributed by atoms with Crippen LogP contribution in [-0.2, 0) is 4.79 Å². The Bertz CT molecular complexity index is 967. The normalized spacial score (nSPS) is 17.0. The summed E-state index contributed by atoms with van der Waals surface area (Å²) in [5.74, 6) is -0.780. The molecule has 8 nitrogen and oxygen atoms in total. The van der Waals surface area contributed by atoms with E-state index in [2.05, 4.69) is 20.0 Å². The van der Waals surface area contributed by atoms with Crippen molar-refractivity contribution in [3.8, 4) is 5.75 Å². The summed E-state index contributed by atoms with van der Waals surface area (Å²) in [4.78, 5) is 34.1. The van der Waals surface area contributed by atoms with Gasteiger partial charge in [-0.25, -0.2) is 9.97 Å². The molecule has 0 bridgehead atoms. The number of nitrogens with one attached hydrogen (secondary N) is 1. The average molecular weight is 437 g/mol. The van der Waals surface area contributed by atoms with Crippen LogP contribution in [0.1, 0.15) is 48.2 Å². The molecule has 1 unspecified atom stereocenters. The predicted molar refractivity (Wildman–Crippen MR) is 106 cm³/mol. The summed E-state index contributed by atoms with van der Waals surface area (Å²) < 4.78 is 40.9. The van der Waals surface area contributed by atoms with Crippen molar-refractivity contribution >= 4 is 23.5 Å². The van der Waals surface area contributed by atoms with Crippen molar-refractivity contribution in [3.63, 3.8) is 0 Å². The van der Waals surface area contributed by atoms with E-state index >= 15 is 0 Å². The first-order chi connectivity index (χ1) is 14.6. The molecule has 1 aromatic heterocycles. The van der Waals surface area contributed by atoms with Gasteiger partial charge in [-0.1, -0.05) is 0 Å². The van der Waals surface area contributed by atoms with Crippen molar-refractivity contribution in [1.29, 1.82) is 0 Å². The fraction of sp³-hybridized carbons (Fsp3) is 0.400. The van der Waals surface area contributed by atoms with E-state index in [-0.39, 0.29) is 34.9 Å². The largest absolute Gasteiger partial charge is 0.573 e. The predicted octanol–water partition coefficient (Wildman–Crippen LogP) is 3.33. The number of hydrogen-bond acceptors (Lipinski definition) is 6. The lowest BCUT2D eigenvalue weighted by molar-refractivity contribution is -0.274. The number of nitrogens with two attached hydrogens (primary N) is 1. The molecule has 1 aromatic carbocycles. The van der Waals surface area contributed by atoms with Crippen molar-refractivity contribution in [2.75, 3.05) is 24.1 Å². The number of halogens is 3. The molecule has 1 atom stereocenters. The van der Waals surface area contributed by atoms with Crippen molar-refractivity contribution in [3.05, 3.63) is 41.7 Å². The molecule has 166 valence electrons. The zero-order chi connectivity index (χ0) is 22.6. The second-order valence-corrected chi connectivity index (χ2v) is 7.20. The summed E-state index contributed by atoms with van der Waals surface area (Å²) in [7, 11) is 0. The first-order valence-electron chi connectivity index (χ1n) is 9.67. The average Bonchev–Trinajstić information content (AvgIpc) is 2.92. The number of benzene rings is 1. The number of rotatable bonds is 4. The molecule has 2 heterocycles. The van der Waals surface area contributed by atoms with Crippen LogP contribution < -0.4 is 15.8 Å². The SMILES string of the molecule is CC(=O)Nc1nccc(C2CCCN(C(=O)c3ccc(OC(F)(F)F)cc3N)CC2)n1. The van der Waals surface area contributed by atoms with Gasteiger partial charge in [0.1, 0.15) is 5.75 Å². The van der Waals surface area contributed by atoms with Gasteiger partial charge < -0.3 is 15.4 Å². The maximum absolute atomic E-state index is 12.9. The minimum absolute atomic E-state index is 0.0771. The summed E-state index contributed by atoms with van der Waals surface area (Å²) in [5.41, 5.74) is 6.64. The molecule has 2 aromatic rings. The van der Waals surface area contributed by atoms with E-state index < -0.39 is 12.1 Å². The standard InChI is InChI=1S/C20H22F3N5O3/c1-12(29)26-19-25-8-6-17(27-19)13-3-2-9-28(10-7-13)18(30)15-5-4-14(11-16(15)24)31-20(21,22)23/h4-6,8,11,13H,2-3,7,9-10,24H2,1H3,(H,25,26,27,29). The lowest BCUT2D eigenvalue weighted by atomic mass is 9.97. The first-order valence-corrected chi connectivity index (χ1v) is 9.67. The Balaban J connectivity index is 1.68. The van der Waals surface area contributed by atoms with Gasteiger partial charge in [-0.05, 0) is 37.5 Å². The van der Waals surface area contributed by atoms with Gasteiger partial charge in [-0.3, -0.25) is 14.9 Å². The summed E-state index contributed by atoms with van der Waals surface area (Å²) in [6.07, 6.45) is -1.12. The molecule has 1 aliphatic heterocycles. The fourth-order valence-electron chi connectivity index (χ4n) is 3.52. The van der Waals surface area contributed by atoms with E-state index in [9.17, 15) is 22.8 Å². The number of nitrogens with zero attached hydrogens (tertiary/aromatic N) is 3. The molecule has 3 rings (SSSR count). The zero-order valence-electron chi connectivity index (χ0n) is 16.8. The Kier molecular flexibility index (Phi) is 6.62. The third-order valence-electron chi connectivity index (χ3n) is 4.89. The molecular formula is C20H22F3N5O3. The monoisotopic (exact) mass is 437 g/mol. The van der Waals surface area contributed by atoms with E-state index in [1.807, 2.05) is 0 Å². The van der Waals surface area contributed by atoms with Gasteiger partial charge in [0.15, 0.2) is 0 Å². The van der Waals surface area contributed by atoms with E-state index in [1.165, 1.54) is 13.0 Å². The number of hydrogen-bond donors (Lipinski definition) is 2. The van der Waals surface area contributed by atoms with Crippen molar-refractivity contribution < 1.29 is 27.5 Å². The molecule has 2 amide bonds. The van der Waals surface area contributed by atoms with Crippen LogP contribution in [0.3, 0.4) is 0 Å². The molecule has 0 saturated carbocycles. The van der Waals surface area contributed by atoms with Gasteiger partial charge >= 0.3 is 6.36 Å². The van der Waals surface area contributed by atoms with Crippen molar-refractivity contribution in [2.45, 2.75) is 38.5 Å². The van der Waals surface area contributed by atoms with Crippen molar-refractivity contribution in [1.82, 2.24) is 14.9 Å². The lowest BCUT2D eigenvalue weighted by Gasteiger charge is -2.22. The molecule has 31 heavy (non-hydrogen) atoms. The Hall–Kier alpha value is -3.37. The molecule has 1 saturated heterocycles. The highest BCUT2D eigenvalue weighted by atomic mass is 19.4. The van der Waals surface area contributed by atoms with Crippen LogP contribution in [0, 0.1) is 0 Å². The number of alkyl halides is 3. The third kappa shape index (κ3) is 6.06. The van der Waals surface area contributed by atoms with Gasteiger partial charge in [0, 0.05) is 49.6 Å². The quantitative estimate of drug-likeness (QED) is 0.710. The number of carbonyl (C=O) groups excluding carboxylic acids is 2. The first kappa shape index (κ1) is 22.3. The van der Waals surface area contributed by atoms with Crippen LogP contribution in [0.5, 0.6) is 5.75 Å². The second-order valence-electron chi connectivity index (χ2n) is 7.20. The number of aromatic nitrogens is 2. The Labute approximate surface area is 176 Å². The summed E-state index contributed by atoms with van der Waals surface area (Å²) in [5, 5.41) is 2.55. The van der Waals surface area contributed by atoms with Crippen LogP contribution in [0.15, 0.2) is 30.5 Å². The molecule has 0 radical (unpaired) electrons. The van der Waals surface area contributed by atoms with E-state index in [0.717, 1.165) is 24.2 Å². The number of amides is 2. The summed E-state index contributed by atoms with van der Waals surface area (Å²) >= 11 is 0. The molecular weight excluding hydrogens is 415 g/mol. The van der Waals surface area contributed by atoms with E-state index in [1.54, 1.807) is 17.2 Å². The highest BCUT2D eigenvalue weighted by molar-refractivity contribution is 5.99. The van der Waals surface area contributed by atoms with Gasteiger partial charge in [-0.15, -0.1) is 13.2 Å². The molecule has 11 heteroatoms. The highest BCUT2D eigenvalue weighted by Crippen LogP contribution is 2.30. The smallest absolute Gasteiger partial charge is 0.406 e. The Morgan fingerprint density at radius 1 is 1.23 bits per heavy atom. The molecule has 3 N–H and O–H groups in total. The van der Waals surface area contributed by atoms with Crippen LogP contribution in [-0.4, -0.2) is 46.1 Å². The minimum atomic E-state index is -4.83. The van der Waals surface area contributed by atoms with Gasteiger partial charge in [0.25, 0.3) is 5.91 Å². The molecule has 1 fully saturated rings. The molecule has 1 aliphatic rings. The number of anilines is 2. The lowest BCUT2D eigenvalue weighted by Crippen LogP contribution is -2.32. The maximum Gasteiger partial charge on any atom is 0.573 e. The summed E-state index contributed by atoms with van der Waals surface area (Å²) in [6.45, 7) is 2.29. The van der Waals surface area contributed by atoms with Gasteiger partial charge in [-0.2, -0.15) is 0 Å². The van der Waals surface area contributed by atoms with Crippen LogP contribution in [0.2, 0.25) is 0 Å². The number of likely N-dealkylation sites (tertiary alicyclic amines) is 1. The number of ether oxygens (including phenoxy) is 1. The van der Waals surface area contributed by atoms with E-state index in [0.29, 0.717) is 25.9 Å². The number of carbonyl (C=O) groups is 2. The highest BCUT2D eigenvalue weighted by Gasteiger charge is 2.31. The molecule has 0 spiro atoms. The van der Waals surface area contributed by atoms with E-state index in [4.69, 9.17) is 5.73 Å². The van der Waals surface area contributed by atoms with Crippen molar-refractivity contribution in [2.24, 2.45) is 0 Å². The second kappa shape index (κ2) is 9.19. The Morgan fingerprint density at radius 3 is 2.68 bits per heavy atom. The van der Waals surface area contributed by atoms with Crippen LogP contribution in [0.4, 0.5) is 24.8 Å². The van der Waals surface area contributed by atoms with Crippen LogP contribution >= 0.6 is 0 Å². The third-order valence-corrected chi connectivity index (χ3v) is 4.89. The van der Waals surface area contributed by atoms with Gasteiger partial charge in [0.05, 0.1) is 5.56 Å². The summed E-state index contributed by atoms with van der Waals surface area (Å²) in [6, 6.07) is 5.09. The number of nitrogen functional groups attached to an aromatic ring is 1. The maximum atomic E-state index is 12.9. The van der Waals surface area contributed by atoms with Gasteiger partial charge in [0.2, 0.25) is 11.9 Å². The van der Waals surface area contributed by atoms with Crippen LogP contribution in [0.25, 0.3) is 0 Å².